The van der Waals surface area contributed by atoms with Gasteiger partial charge in [0.1, 0.15) is 12.4 Å². The predicted molar refractivity (Wildman–Crippen MR) is 67.2 cm³/mol. The first-order valence-electron chi connectivity index (χ1n) is 5.86. The predicted octanol–water partition coefficient (Wildman–Crippen LogP) is 1.15. The van der Waals surface area contributed by atoms with E-state index in [1.54, 1.807) is 31.4 Å². The van der Waals surface area contributed by atoms with Crippen LogP contribution in [0.5, 0.6) is 5.75 Å². The maximum atomic E-state index is 11.9. The van der Waals surface area contributed by atoms with Gasteiger partial charge in [0.15, 0.2) is 0 Å². The second-order valence-corrected chi connectivity index (χ2v) is 5.92. The molecule has 1 aromatic carbocycles. The molecule has 0 aromatic heterocycles. The molecule has 6 heteroatoms. The Morgan fingerprint density at radius 3 is 2.44 bits per heavy atom. The van der Waals surface area contributed by atoms with Crippen molar-refractivity contribution in [2.24, 2.45) is 0 Å². The third kappa shape index (κ3) is 3.69. The maximum Gasteiger partial charge on any atom is 0.240 e. The van der Waals surface area contributed by atoms with Crippen LogP contribution in [0.4, 0.5) is 0 Å². The lowest BCUT2D eigenvalue weighted by molar-refractivity contribution is 0.146. The van der Waals surface area contributed by atoms with Gasteiger partial charge in [-0.3, -0.25) is 0 Å². The summed E-state index contributed by atoms with van der Waals surface area (Å²) < 4.78 is 36.6. The Morgan fingerprint density at radius 2 is 1.89 bits per heavy atom. The highest BCUT2D eigenvalue weighted by molar-refractivity contribution is 7.89. The first-order chi connectivity index (χ1) is 8.62. The van der Waals surface area contributed by atoms with Crippen LogP contribution in [0.25, 0.3) is 0 Å². The van der Waals surface area contributed by atoms with Crippen LogP contribution in [-0.4, -0.2) is 34.8 Å². The van der Waals surface area contributed by atoms with E-state index in [4.69, 9.17) is 9.47 Å². The largest absolute Gasteiger partial charge is 0.491 e. The number of sulfonamides is 1. The lowest BCUT2D eigenvalue weighted by Crippen LogP contribution is -2.25. The van der Waals surface area contributed by atoms with Gasteiger partial charge in [0, 0.05) is 13.2 Å². The fraction of sp³-hybridized carbons (Fsp3) is 0.500. The zero-order valence-electron chi connectivity index (χ0n) is 10.3. The summed E-state index contributed by atoms with van der Waals surface area (Å²) >= 11 is 0. The minimum Gasteiger partial charge on any atom is -0.491 e. The standard InChI is InChI=1S/C12H17NO4S/c1-16-8-9-17-11-4-6-12(7-5-11)18(14,15)13-10-2-3-10/h4-7,10,13H,2-3,8-9H2,1H3. The highest BCUT2D eigenvalue weighted by Gasteiger charge is 2.27. The Bertz CT molecular complexity index is 479. The summed E-state index contributed by atoms with van der Waals surface area (Å²) in [7, 11) is -1.77. The average molecular weight is 271 g/mol. The van der Waals surface area contributed by atoms with E-state index in [-0.39, 0.29) is 10.9 Å². The first-order valence-corrected chi connectivity index (χ1v) is 7.34. The van der Waals surface area contributed by atoms with Gasteiger partial charge >= 0.3 is 0 Å². The van der Waals surface area contributed by atoms with Crippen LogP contribution in [0, 0.1) is 0 Å². The zero-order valence-corrected chi connectivity index (χ0v) is 11.1. The summed E-state index contributed by atoms with van der Waals surface area (Å²) in [5.74, 6) is 0.637. The molecule has 0 atom stereocenters. The lowest BCUT2D eigenvalue weighted by Gasteiger charge is -2.08. The van der Waals surface area contributed by atoms with Crippen LogP contribution in [0.1, 0.15) is 12.8 Å². The molecule has 2 rings (SSSR count). The van der Waals surface area contributed by atoms with Crippen molar-refractivity contribution in [2.45, 2.75) is 23.8 Å². The van der Waals surface area contributed by atoms with E-state index in [1.807, 2.05) is 0 Å². The summed E-state index contributed by atoms with van der Waals surface area (Å²) in [4.78, 5) is 0.272. The van der Waals surface area contributed by atoms with E-state index in [0.29, 0.717) is 19.0 Å². The van der Waals surface area contributed by atoms with Gasteiger partial charge < -0.3 is 9.47 Å². The van der Waals surface area contributed by atoms with Gasteiger partial charge in [-0.2, -0.15) is 0 Å². The van der Waals surface area contributed by atoms with E-state index < -0.39 is 10.0 Å². The maximum absolute atomic E-state index is 11.9. The number of rotatable bonds is 7. The van der Waals surface area contributed by atoms with Crippen molar-refractivity contribution >= 4 is 10.0 Å². The van der Waals surface area contributed by atoms with Crippen molar-refractivity contribution in [1.82, 2.24) is 4.72 Å². The van der Waals surface area contributed by atoms with Crippen LogP contribution in [0.2, 0.25) is 0 Å². The molecule has 0 radical (unpaired) electrons. The Kier molecular flexibility index (Phi) is 4.21. The second-order valence-electron chi connectivity index (χ2n) is 4.21. The van der Waals surface area contributed by atoms with E-state index >= 15 is 0 Å². The van der Waals surface area contributed by atoms with Gasteiger partial charge in [-0.1, -0.05) is 0 Å². The van der Waals surface area contributed by atoms with E-state index in [0.717, 1.165) is 12.8 Å². The fourth-order valence-electron chi connectivity index (χ4n) is 1.45. The second kappa shape index (κ2) is 5.69. The van der Waals surface area contributed by atoms with Crippen molar-refractivity contribution in [3.8, 4) is 5.75 Å². The van der Waals surface area contributed by atoms with Crippen LogP contribution in [0.3, 0.4) is 0 Å². The summed E-state index contributed by atoms with van der Waals surface area (Å²) in [6.45, 7) is 0.951. The molecule has 1 fully saturated rings. The molecule has 0 heterocycles. The summed E-state index contributed by atoms with van der Waals surface area (Å²) in [5, 5.41) is 0. The van der Waals surface area contributed by atoms with Crippen molar-refractivity contribution in [2.75, 3.05) is 20.3 Å². The number of methoxy groups -OCH3 is 1. The molecule has 1 aliphatic rings. The van der Waals surface area contributed by atoms with Crippen LogP contribution < -0.4 is 9.46 Å². The van der Waals surface area contributed by atoms with Crippen LogP contribution >= 0.6 is 0 Å². The third-order valence-corrected chi connectivity index (χ3v) is 4.13. The highest BCUT2D eigenvalue weighted by atomic mass is 32.2. The Morgan fingerprint density at radius 1 is 1.22 bits per heavy atom. The number of hydrogen-bond donors (Lipinski definition) is 1. The summed E-state index contributed by atoms with van der Waals surface area (Å²) in [5.41, 5.74) is 0. The molecule has 1 aromatic rings. The molecule has 1 aliphatic carbocycles. The third-order valence-electron chi connectivity index (χ3n) is 2.59. The molecule has 5 nitrogen and oxygen atoms in total. The lowest BCUT2D eigenvalue weighted by atomic mass is 10.3. The Balaban J connectivity index is 1.97. The number of ether oxygens (including phenoxy) is 2. The zero-order chi connectivity index (χ0) is 13.0. The van der Waals surface area contributed by atoms with E-state index in [2.05, 4.69) is 4.72 Å². The van der Waals surface area contributed by atoms with Crippen molar-refractivity contribution in [1.29, 1.82) is 0 Å². The Labute approximate surface area is 107 Å². The molecule has 0 bridgehead atoms. The molecule has 1 N–H and O–H groups in total. The molecular weight excluding hydrogens is 254 g/mol. The SMILES string of the molecule is COCCOc1ccc(S(=O)(=O)NC2CC2)cc1. The smallest absolute Gasteiger partial charge is 0.240 e. The normalized spacial score (nSPS) is 15.6. The summed E-state index contributed by atoms with van der Waals surface area (Å²) in [6, 6.07) is 6.51. The topological polar surface area (TPSA) is 64.6 Å². The average Bonchev–Trinajstić information content (AvgIpc) is 3.13. The minimum atomic E-state index is -3.37. The van der Waals surface area contributed by atoms with Crippen molar-refractivity contribution < 1.29 is 17.9 Å². The summed E-state index contributed by atoms with van der Waals surface area (Å²) in [6.07, 6.45) is 1.86. The van der Waals surface area contributed by atoms with Crippen molar-refractivity contribution in [3.05, 3.63) is 24.3 Å². The van der Waals surface area contributed by atoms with Gasteiger partial charge in [0.05, 0.1) is 11.5 Å². The number of benzene rings is 1. The van der Waals surface area contributed by atoms with E-state index in [9.17, 15) is 8.42 Å². The molecule has 0 saturated heterocycles. The van der Waals surface area contributed by atoms with Gasteiger partial charge in [0.25, 0.3) is 0 Å². The molecule has 0 aliphatic heterocycles. The molecule has 0 spiro atoms. The molecule has 0 amide bonds. The van der Waals surface area contributed by atoms with Gasteiger partial charge in [0.2, 0.25) is 10.0 Å². The number of nitrogens with one attached hydrogen (secondary N) is 1. The van der Waals surface area contributed by atoms with Crippen molar-refractivity contribution in [3.63, 3.8) is 0 Å². The molecule has 18 heavy (non-hydrogen) atoms. The monoisotopic (exact) mass is 271 g/mol. The first kappa shape index (κ1) is 13.3. The van der Waals surface area contributed by atoms with Gasteiger partial charge in [-0.15, -0.1) is 0 Å². The minimum absolute atomic E-state index is 0.118. The molecule has 0 unspecified atom stereocenters. The quantitative estimate of drug-likeness (QED) is 0.756. The molecule has 1 saturated carbocycles. The molecular formula is C12H17NO4S. The van der Waals surface area contributed by atoms with E-state index in [1.165, 1.54) is 0 Å². The Hall–Kier alpha value is -1.11. The molecule has 100 valence electrons. The highest BCUT2D eigenvalue weighted by Crippen LogP contribution is 2.23. The van der Waals surface area contributed by atoms with Crippen LogP contribution in [0.15, 0.2) is 29.2 Å². The van der Waals surface area contributed by atoms with Gasteiger partial charge in [-0.25, -0.2) is 13.1 Å². The van der Waals surface area contributed by atoms with Gasteiger partial charge in [-0.05, 0) is 37.1 Å². The van der Waals surface area contributed by atoms with Crippen LogP contribution in [-0.2, 0) is 14.8 Å². The fourth-order valence-corrected chi connectivity index (χ4v) is 2.75. The number of hydrogen-bond acceptors (Lipinski definition) is 4.